The second kappa shape index (κ2) is 6.37. The first-order valence-corrected chi connectivity index (χ1v) is 8.88. The van der Waals surface area contributed by atoms with Gasteiger partial charge in [-0.1, -0.05) is 0 Å². The van der Waals surface area contributed by atoms with Gasteiger partial charge in [0, 0.05) is 18.0 Å². The predicted octanol–water partition coefficient (Wildman–Crippen LogP) is 3.48. The molecule has 3 rings (SSSR count). The molecule has 2 aromatic carbocycles. The zero-order valence-electron chi connectivity index (χ0n) is 12.7. The van der Waals surface area contributed by atoms with Crippen LogP contribution in [0.3, 0.4) is 0 Å². The molecule has 0 amide bonds. The van der Waals surface area contributed by atoms with Gasteiger partial charge in [0.05, 0.1) is 5.69 Å². The Morgan fingerprint density at radius 2 is 1.50 bits per heavy atom. The van der Waals surface area contributed by atoms with Gasteiger partial charge in [-0.25, -0.2) is 22.8 Å². The molecule has 0 aliphatic heterocycles. The van der Waals surface area contributed by atoms with Crippen LogP contribution in [0.5, 0.6) is 11.5 Å². The van der Waals surface area contributed by atoms with Gasteiger partial charge in [-0.05, 0) is 54.6 Å². The molecule has 0 radical (unpaired) electrons. The van der Waals surface area contributed by atoms with Crippen molar-refractivity contribution in [2.75, 3.05) is 6.26 Å². The average Bonchev–Trinajstić information content (AvgIpc) is 2.57. The van der Waals surface area contributed by atoms with Crippen molar-refractivity contribution in [1.82, 2.24) is 9.97 Å². The lowest BCUT2D eigenvalue weighted by molar-refractivity contribution is 0.480. The molecule has 0 N–H and O–H groups in total. The molecule has 0 unspecified atom stereocenters. The van der Waals surface area contributed by atoms with Crippen LogP contribution in [0.25, 0.3) is 11.3 Å². The van der Waals surface area contributed by atoms with Crippen molar-refractivity contribution < 1.29 is 17.5 Å². The lowest BCUT2D eigenvalue weighted by atomic mass is 10.1. The summed E-state index contributed by atoms with van der Waals surface area (Å²) in [6.07, 6.45) is 2.47. The molecule has 1 heterocycles. The van der Waals surface area contributed by atoms with E-state index in [9.17, 15) is 12.8 Å². The summed E-state index contributed by atoms with van der Waals surface area (Å²) in [4.78, 5) is 7.82. The Kier molecular flexibility index (Phi) is 4.26. The molecule has 0 atom stereocenters. The first-order chi connectivity index (χ1) is 11.4. The third-order valence-corrected chi connectivity index (χ3v) is 4.02. The van der Waals surface area contributed by atoms with E-state index in [4.69, 9.17) is 4.74 Å². The van der Waals surface area contributed by atoms with Gasteiger partial charge < -0.3 is 4.74 Å². The molecule has 0 bridgehead atoms. The van der Waals surface area contributed by atoms with Crippen molar-refractivity contribution in [2.24, 2.45) is 0 Å². The van der Waals surface area contributed by atoms with E-state index in [1.165, 1.54) is 30.5 Å². The van der Waals surface area contributed by atoms with Gasteiger partial charge in [0.25, 0.3) is 0 Å². The van der Waals surface area contributed by atoms with Crippen molar-refractivity contribution in [2.45, 2.75) is 5.16 Å². The Labute approximate surface area is 138 Å². The topological polar surface area (TPSA) is 69.2 Å². The van der Waals surface area contributed by atoms with Gasteiger partial charge in [-0.3, -0.25) is 0 Å². The van der Waals surface area contributed by atoms with Gasteiger partial charge in [-0.2, -0.15) is 0 Å². The quantitative estimate of drug-likeness (QED) is 0.678. The van der Waals surface area contributed by atoms with Crippen LogP contribution in [-0.2, 0) is 9.84 Å². The highest BCUT2D eigenvalue weighted by Crippen LogP contribution is 2.25. The van der Waals surface area contributed by atoms with Crippen LogP contribution in [0.4, 0.5) is 4.39 Å². The number of hydrogen-bond acceptors (Lipinski definition) is 5. The highest BCUT2D eigenvalue weighted by atomic mass is 32.2. The fourth-order valence-electron chi connectivity index (χ4n) is 2.01. The Bertz CT molecular complexity index is 956. The van der Waals surface area contributed by atoms with E-state index in [0.29, 0.717) is 17.2 Å². The minimum Gasteiger partial charge on any atom is -0.457 e. The van der Waals surface area contributed by atoms with Gasteiger partial charge in [0.1, 0.15) is 17.3 Å². The zero-order valence-corrected chi connectivity index (χ0v) is 13.5. The SMILES string of the molecule is CS(=O)(=O)c1nccc(-c2ccc(Oc3ccc(F)cc3)cc2)n1. The summed E-state index contributed by atoms with van der Waals surface area (Å²) in [5.41, 5.74) is 1.23. The number of ether oxygens (including phenoxy) is 1. The van der Waals surface area contributed by atoms with E-state index in [-0.39, 0.29) is 11.0 Å². The molecule has 1 aromatic heterocycles. The molecule has 5 nitrogen and oxygen atoms in total. The van der Waals surface area contributed by atoms with E-state index in [2.05, 4.69) is 9.97 Å². The van der Waals surface area contributed by atoms with E-state index in [1.54, 1.807) is 30.3 Å². The summed E-state index contributed by atoms with van der Waals surface area (Å²) in [7, 11) is -3.46. The van der Waals surface area contributed by atoms with Gasteiger partial charge >= 0.3 is 0 Å². The standard InChI is InChI=1S/C17H13FN2O3S/c1-24(21,22)17-19-11-10-16(20-17)12-2-6-14(7-3-12)23-15-8-4-13(18)5-9-15/h2-11H,1H3. The average molecular weight is 344 g/mol. The summed E-state index contributed by atoms with van der Waals surface area (Å²) in [6, 6.07) is 14.3. The molecule has 0 saturated carbocycles. The second-order valence-corrected chi connectivity index (χ2v) is 6.99. The monoisotopic (exact) mass is 344 g/mol. The maximum absolute atomic E-state index is 12.9. The minimum absolute atomic E-state index is 0.216. The first kappa shape index (κ1) is 16.1. The predicted molar refractivity (Wildman–Crippen MR) is 87.1 cm³/mol. The van der Waals surface area contributed by atoms with Crippen LogP contribution in [0.15, 0.2) is 66.0 Å². The lowest BCUT2D eigenvalue weighted by Crippen LogP contribution is -2.04. The number of rotatable bonds is 4. The van der Waals surface area contributed by atoms with Crippen molar-refractivity contribution in [3.63, 3.8) is 0 Å². The lowest BCUT2D eigenvalue weighted by Gasteiger charge is -2.07. The number of hydrogen-bond donors (Lipinski definition) is 0. The van der Waals surface area contributed by atoms with E-state index in [1.807, 2.05) is 0 Å². The number of nitrogens with zero attached hydrogens (tertiary/aromatic N) is 2. The van der Waals surface area contributed by atoms with Crippen LogP contribution >= 0.6 is 0 Å². The number of aromatic nitrogens is 2. The fourth-order valence-corrected chi connectivity index (χ4v) is 2.53. The summed E-state index contributed by atoms with van der Waals surface area (Å²) in [5.74, 6) is 0.761. The first-order valence-electron chi connectivity index (χ1n) is 6.99. The largest absolute Gasteiger partial charge is 0.457 e. The van der Waals surface area contributed by atoms with Crippen molar-refractivity contribution in [3.8, 4) is 22.8 Å². The van der Waals surface area contributed by atoms with Gasteiger partial charge in [0.15, 0.2) is 0 Å². The van der Waals surface area contributed by atoms with Crippen LogP contribution in [0.2, 0.25) is 0 Å². The van der Waals surface area contributed by atoms with Crippen LogP contribution in [0, 0.1) is 5.82 Å². The van der Waals surface area contributed by atoms with Gasteiger partial charge in [0.2, 0.25) is 15.0 Å². The Morgan fingerprint density at radius 1 is 0.917 bits per heavy atom. The fraction of sp³-hybridized carbons (Fsp3) is 0.0588. The molecule has 7 heteroatoms. The normalized spacial score (nSPS) is 11.2. The van der Waals surface area contributed by atoms with E-state index in [0.717, 1.165) is 11.8 Å². The molecular weight excluding hydrogens is 331 g/mol. The number of sulfone groups is 1. The minimum atomic E-state index is -3.46. The molecule has 0 aliphatic rings. The number of benzene rings is 2. The Hall–Kier alpha value is -2.80. The molecule has 0 saturated heterocycles. The highest BCUT2D eigenvalue weighted by Gasteiger charge is 2.12. The molecular formula is C17H13FN2O3S. The maximum atomic E-state index is 12.9. The van der Waals surface area contributed by atoms with Crippen molar-refractivity contribution in [1.29, 1.82) is 0 Å². The smallest absolute Gasteiger partial charge is 0.247 e. The van der Waals surface area contributed by atoms with E-state index >= 15 is 0 Å². The maximum Gasteiger partial charge on any atom is 0.247 e. The van der Waals surface area contributed by atoms with Crippen LogP contribution in [0.1, 0.15) is 0 Å². The highest BCUT2D eigenvalue weighted by molar-refractivity contribution is 7.90. The second-order valence-electron chi connectivity index (χ2n) is 5.08. The molecule has 0 aliphatic carbocycles. The molecule has 122 valence electrons. The summed E-state index contributed by atoms with van der Waals surface area (Å²) in [6.45, 7) is 0. The van der Waals surface area contributed by atoms with Crippen molar-refractivity contribution in [3.05, 3.63) is 66.6 Å². The summed E-state index contributed by atoms with van der Waals surface area (Å²) in [5, 5.41) is -0.216. The molecule has 0 fully saturated rings. The van der Waals surface area contributed by atoms with Crippen LogP contribution < -0.4 is 4.74 Å². The van der Waals surface area contributed by atoms with Gasteiger partial charge in [-0.15, -0.1) is 0 Å². The summed E-state index contributed by atoms with van der Waals surface area (Å²) < 4.78 is 41.5. The van der Waals surface area contributed by atoms with Crippen LogP contribution in [-0.4, -0.2) is 24.6 Å². The summed E-state index contributed by atoms with van der Waals surface area (Å²) >= 11 is 0. The zero-order chi connectivity index (χ0) is 17.2. The Balaban J connectivity index is 1.83. The van der Waals surface area contributed by atoms with E-state index < -0.39 is 9.84 Å². The Morgan fingerprint density at radius 3 is 2.08 bits per heavy atom. The third kappa shape index (κ3) is 3.75. The third-order valence-electron chi connectivity index (χ3n) is 3.16. The molecule has 0 spiro atoms. The number of halogens is 1. The molecule has 24 heavy (non-hydrogen) atoms. The molecule has 3 aromatic rings. The van der Waals surface area contributed by atoms with Crippen molar-refractivity contribution >= 4 is 9.84 Å².